The first kappa shape index (κ1) is 23.4. The summed E-state index contributed by atoms with van der Waals surface area (Å²) in [6.45, 7) is -0.399. The first-order valence-electron chi connectivity index (χ1n) is 11.1. The van der Waals surface area contributed by atoms with Crippen molar-refractivity contribution in [1.82, 2.24) is 4.31 Å². The topological polar surface area (TPSA) is 78.9 Å². The molecule has 33 heavy (non-hydrogen) atoms. The third-order valence-corrected chi connectivity index (χ3v) is 7.84. The smallest absolute Gasteiger partial charge is 0.387 e. The molecule has 4 rings (SSSR count). The van der Waals surface area contributed by atoms with Crippen LogP contribution in [-0.2, 0) is 10.0 Å². The lowest BCUT2D eigenvalue weighted by atomic mass is 10.1. The van der Waals surface area contributed by atoms with Crippen molar-refractivity contribution in [3.8, 4) is 5.75 Å². The van der Waals surface area contributed by atoms with E-state index in [9.17, 15) is 22.0 Å². The summed E-state index contributed by atoms with van der Waals surface area (Å²) in [5, 5.41) is 2.74. The van der Waals surface area contributed by atoms with Gasteiger partial charge in [-0.25, -0.2) is 8.42 Å². The van der Waals surface area contributed by atoms with Gasteiger partial charge in [0.15, 0.2) is 0 Å². The van der Waals surface area contributed by atoms with E-state index in [1.54, 1.807) is 12.1 Å². The number of hydrogen-bond acceptors (Lipinski definition) is 5. The van der Waals surface area contributed by atoms with Gasteiger partial charge < -0.3 is 15.0 Å². The second-order valence-electron chi connectivity index (χ2n) is 8.19. The fraction of sp³-hybridized carbons (Fsp3) is 0.435. The lowest BCUT2D eigenvalue weighted by Crippen LogP contribution is -2.35. The lowest BCUT2D eigenvalue weighted by Gasteiger charge is -2.27. The molecule has 2 aromatic rings. The van der Waals surface area contributed by atoms with E-state index >= 15 is 0 Å². The number of ether oxygens (including phenoxy) is 1. The van der Waals surface area contributed by atoms with Crippen molar-refractivity contribution in [1.29, 1.82) is 0 Å². The van der Waals surface area contributed by atoms with Gasteiger partial charge in [0.05, 0.1) is 10.5 Å². The van der Waals surface area contributed by atoms with Crippen molar-refractivity contribution in [2.75, 3.05) is 36.4 Å². The summed E-state index contributed by atoms with van der Waals surface area (Å²) in [5.74, 6) is -0.481. The average molecular weight is 480 g/mol. The van der Waals surface area contributed by atoms with Crippen LogP contribution in [0.5, 0.6) is 5.75 Å². The molecule has 0 aliphatic carbocycles. The van der Waals surface area contributed by atoms with Crippen LogP contribution in [0.1, 0.15) is 42.5 Å². The standard InChI is InChI=1S/C23H27F2N3O4S/c24-23(25)32-18-8-6-17(7-9-18)26-22(29)20-16-19(10-11-21(20)27-12-4-5-13-27)33(30,31)28-14-2-1-3-15-28/h6-11,16,23H,1-5,12-15H2,(H,26,29). The fourth-order valence-corrected chi connectivity index (χ4v) is 5.81. The summed E-state index contributed by atoms with van der Waals surface area (Å²) < 4.78 is 56.9. The molecule has 2 fully saturated rings. The predicted molar refractivity (Wildman–Crippen MR) is 122 cm³/mol. The van der Waals surface area contributed by atoms with E-state index in [4.69, 9.17) is 0 Å². The molecule has 0 saturated carbocycles. The van der Waals surface area contributed by atoms with Gasteiger partial charge in [0.1, 0.15) is 5.75 Å². The van der Waals surface area contributed by atoms with Gasteiger partial charge in [-0.2, -0.15) is 13.1 Å². The lowest BCUT2D eigenvalue weighted by molar-refractivity contribution is -0.0498. The van der Waals surface area contributed by atoms with E-state index in [1.807, 2.05) is 0 Å². The number of nitrogens with one attached hydrogen (secondary N) is 1. The summed E-state index contributed by atoms with van der Waals surface area (Å²) >= 11 is 0. The Morgan fingerprint density at radius 3 is 2.18 bits per heavy atom. The number of sulfonamides is 1. The van der Waals surface area contributed by atoms with E-state index in [2.05, 4.69) is 15.0 Å². The van der Waals surface area contributed by atoms with Gasteiger partial charge in [-0.15, -0.1) is 0 Å². The van der Waals surface area contributed by atoms with Crippen molar-refractivity contribution in [2.45, 2.75) is 43.6 Å². The molecule has 2 saturated heterocycles. The normalized spacial score (nSPS) is 17.4. The Morgan fingerprint density at radius 1 is 0.909 bits per heavy atom. The second-order valence-corrected chi connectivity index (χ2v) is 10.1. The quantitative estimate of drug-likeness (QED) is 0.640. The molecule has 2 heterocycles. The maximum Gasteiger partial charge on any atom is 0.387 e. The number of alkyl halides is 2. The van der Waals surface area contributed by atoms with Crippen LogP contribution >= 0.6 is 0 Å². The first-order valence-corrected chi connectivity index (χ1v) is 12.5. The van der Waals surface area contributed by atoms with Crippen molar-refractivity contribution in [3.05, 3.63) is 48.0 Å². The van der Waals surface area contributed by atoms with Gasteiger partial charge >= 0.3 is 6.61 Å². The molecule has 0 bridgehead atoms. The summed E-state index contributed by atoms with van der Waals surface area (Å²) in [6, 6.07) is 10.3. The molecule has 178 valence electrons. The molecule has 2 aromatic carbocycles. The van der Waals surface area contributed by atoms with Gasteiger partial charge in [0.25, 0.3) is 5.91 Å². The third kappa shape index (κ3) is 5.44. The highest BCUT2D eigenvalue weighted by atomic mass is 32.2. The van der Waals surface area contributed by atoms with Crippen molar-refractivity contribution < 1.29 is 26.7 Å². The number of anilines is 2. The van der Waals surface area contributed by atoms with Crippen LogP contribution in [0.4, 0.5) is 20.2 Å². The number of carbonyl (C=O) groups is 1. The highest BCUT2D eigenvalue weighted by Gasteiger charge is 2.28. The molecule has 0 atom stereocenters. The summed E-state index contributed by atoms with van der Waals surface area (Å²) in [4.78, 5) is 15.4. The average Bonchev–Trinajstić information content (AvgIpc) is 3.35. The third-order valence-electron chi connectivity index (χ3n) is 5.95. The fourth-order valence-electron chi connectivity index (χ4n) is 4.26. The van der Waals surface area contributed by atoms with Crippen molar-refractivity contribution >= 4 is 27.3 Å². The Morgan fingerprint density at radius 2 is 1.55 bits per heavy atom. The number of benzene rings is 2. The Kier molecular flexibility index (Phi) is 7.14. The molecule has 10 heteroatoms. The van der Waals surface area contributed by atoms with Crippen LogP contribution in [0.2, 0.25) is 0 Å². The summed E-state index contributed by atoms with van der Waals surface area (Å²) in [6.07, 6.45) is 4.66. The first-order chi connectivity index (χ1) is 15.8. The molecule has 7 nitrogen and oxygen atoms in total. The van der Waals surface area contributed by atoms with E-state index in [0.29, 0.717) is 24.5 Å². The number of halogens is 2. The molecule has 0 unspecified atom stereocenters. The van der Waals surface area contributed by atoms with Crippen LogP contribution in [-0.4, -0.2) is 51.4 Å². The Hall–Kier alpha value is -2.72. The zero-order chi connectivity index (χ0) is 23.4. The Bertz CT molecular complexity index is 1080. The number of nitrogens with zero attached hydrogens (tertiary/aromatic N) is 2. The number of hydrogen-bond donors (Lipinski definition) is 1. The molecule has 1 N–H and O–H groups in total. The van der Waals surface area contributed by atoms with Crippen LogP contribution in [0.3, 0.4) is 0 Å². The molecule has 2 aliphatic rings. The number of carbonyl (C=O) groups excluding carboxylic acids is 1. The van der Waals surface area contributed by atoms with Crippen molar-refractivity contribution in [3.63, 3.8) is 0 Å². The summed E-state index contributed by atoms with van der Waals surface area (Å²) in [5.41, 5.74) is 1.33. The van der Waals surface area contributed by atoms with E-state index < -0.39 is 22.5 Å². The zero-order valence-corrected chi connectivity index (χ0v) is 19.0. The predicted octanol–water partition coefficient (Wildman–Crippen LogP) is 4.32. The molecular weight excluding hydrogens is 452 g/mol. The molecule has 0 radical (unpaired) electrons. The van der Waals surface area contributed by atoms with Crippen LogP contribution in [0.25, 0.3) is 0 Å². The number of rotatable bonds is 7. The zero-order valence-electron chi connectivity index (χ0n) is 18.2. The maximum atomic E-state index is 13.2. The van der Waals surface area contributed by atoms with Crippen molar-refractivity contribution in [2.24, 2.45) is 0 Å². The molecule has 2 aliphatic heterocycles. The minimum Gasteiger partial charge on any atom is -0.435 e. The van der Waals surface area contributed by atoms with Gasteiger partial charge in [0, 0.05) is 37.6 Å². The monoisotopic (exact) mass is 479 g/mol. The molecular formula is C23H27F2N3O4S. The molecule has 0 spiro atoms. The van der Waals surface area contributed by atoms with Crippen LogP contribution < -0.4 is 15.0 Å². The minimum atomic E-state index is -3.70. The number of amides is 1. The van der Waals surface area contributed by atoms with Gasteiger partial charge in [-0.05, 0) is 68.1 Å². The van der Waals surface area contributed by atoms with E-state index in [-0.39, 0.29) is 16.2 Å². The second kappa shape index (κ2) is 10.0. The van der Waals surface area contributed by atoms with E-state index in [1.165, 1.54) is 34.6 Å². The van der Waals surface area contributed by atoms with Crippen LogP contribution in [0, 0.1) is 0 Å². The van der Waals surface area contributed by atoms with Crippen LogP contribution in [0.15, 0.2) is 47.4 Å². The van der Waals surface area contributed by atoms with Gasteiger partial charge in [-0.1, -0.05) is 6.42 Å². The maximum absolute atomic E-state index is 13.2. The minimum absolute atomic E-state index is 0.0182. The molecule has 1 amide bonds. The largest absolute Gasteiger partial charge is 0.435 e. The highest BCUT2D eigenvalue weighted by Crippen LogP contribution is 2.30. The van der Waals surface area contributed by atoms with Gasteiger partial charge in [0.2, 0.25) is 10.0 Å². The SMILES string of the molecule is O=C(Nc1ccc(OC(F)F)cc1)c1cc(S(=O)(=O)N2CCCCC2)ccc1N1CCCC1. The molecule has 0 aromatic heterocycles. The summed E-state index contributed by atoms with van der Waals surface area (Å²) in [7, 11) is -3.70. The highest BCUT2D eigenvalue weighted by molar-refractivity contribution is 7.89. The van der Waals surface area contributed by atoms with Gasteiger partial charge in [-0.3, -0.25) is 4.79 Å². The Labute approximate surface area is 192 Å². The number of piperidine rings is 1. The Balaban J connectivity index is 1.62. The van der Waals surface area contributed by atoms with E-state index in [0.717, 1.165) is 45.2 Å².